The molecule has 2 fully saturated rings. The zero-order chi connectivity index (χ0) is 17.8. The fraction of sp³-hybridized carbons (Fsp3) is 0.647. The maximum atomic E-state index is 12.4. The number of carbonyl (C=O) groups is 3. The first-order chi connectivity index (χ1) is 12.1. The van der Waals surface area contributed by atoms with Crippen LogP contribution in [0, 0.1) is 0 Å². The second-order valence-electron chi connectivity index (χ2n) is 6.70. The highest BCUT2D eigenvalue weighted by atomic mass is 16.2. The lowest BCUT2D eigenvalue weighted by atomic mass is 9.95. The molecule has 3 heterocycles. The molecule has 1 aromatic rings. The molecule has 0 atom stereocenters. The quantitative estimate of drug-likeness (QED) is 0.776. The molecule has 2 saturated heterocycles. The molecule has 0 spiro atoms. The van der Waals surface area contributed by atoms with Gasteiger partial charge in [-0.15, -0.1) is 0 Å². The van der Waals surface area contributed by atoms with Crippen molar-refractivity contribution in [3.63, 3.8) is 0 Å². The van der Waals surface area contributed by atoms with E-state index in [0.717, 1.165) is 38.1 Å². The summed E-state index contributed by atoms with van der Waals surface area (Å²) in [5.41, 5.74) is 0. The van der Waals surface area contributed by atoms with E-state index in [1.54, 1.807) is 4.90 Å². The van der Waals surface area contributed by atoms with Crippen molar-refractivity contribution in [3.8, 4) is 0 Å². The molecule has 0 radical (unpaired) electrons. The van der Waals surface area contributed by atoms with Gasteiger partial charge in [0.15, 0.2) is 0 Å². The number of imidazole rings is 1. The van der Waals surface area contributed by atoms with Crippen LogP contribution in [0.3, 0.4) is 0 Å². The Labute approximate surface area is 147 Å². The van der Waals surface area contributed by atoms with Crippen molar-refractivity contribution < 1.29 is 14.4 Å². The molecule has 8 nitrogen and oxygen atoms in total. The Hall–Kier alpha value is -2.38. The summed E-state index contributed by atoms with van der Waals surface area (Å²) in [6.45, 7) is 4.42. The van der Waals surface area contributed by atoms with E-state index in [4.69, 9.17) is 0 Å². The first kappa shape index (κ1) is 17.4. The molecule has 0 bridgehead atoms. The van der Waals surface area contributed by atoms with Gasteiger partial charge in [-0.05, 0) is 19.3 Å². The largest absolute Gasteiger partial charge is 0.341 e. The Morgan fingerprint density at radius 3 is 2.72 bits per heavy atom. The number of nitrogens with one attached hydrogen (secondary N) is 1. The number of hydrogen-bond donors (Lipinski definition) is 1. The second-order valence-corrected chi connectivity index (χ2v) is 6.70. The number of rotatable bonds is 6. The molecule has 25 heavy (non-hydrogen) atoms. The summed E-state index contributed by atoms with van der Waals surface area (Å²) < 4.78 is 2.23. The Morgan fingerprint density at radius 1 is 1.32 bits per heavy atom. The van der Waals surface area contributed by atoms with E-state index >= 15 is 0 Å². The standard InChI is InChI=1S/C17H25N5O3/c1-2-3-7-21-10-6-18-16(21)13-4-8-20(9-5-13)15(24)12-22-11-14(23)19-17(22)25/h6,10,13H,2-5,7-9,11-12H2,1H3,(H,19,23,25). The third kappa shape index (κ3) is 4.00. The predicted molar refractivity (Wildman–Crippen MR) is 90.8 cm³/mol. The molecule has 0 saturated carbocycles. The summed E-state index contributed by atoms with van der Waals surface area (Å²) in [7, 11) is 0. The van der Waals surface area contributed by atoms with Gasteiger partial charge in [0.05, 0.1) is 0 Å². The molecule has 8 heteroatoms. The average molecular weight is 347 g/mol. The van der Waals surface area contributed by atoms with Gasteiger partial charge in [0.1, 0.15) is 18.9 Å². The topological polar surface area (TPSA) is 87.5 Å². The van der Waals surface area contributed by atoms with E-state index in [2.05, 4.69) is 21.8 Å². The SMILES string of the molecule is CCCCn1ccnc1C1CCN(C(=O)CN2CC(=O)NC2=O)CC1. The lowest BCUT2D eigenvalue weighted by Crippen LogP contribution is -2.44. The molecule has 136 valence electrons. The molecule has 4 amide bonds. The third-order valence-electron chi connectivity index (χ3n) is 4.91. The fourth-order valence-electron chi connectivity index (χ4n) is 3.46. The first-order valence-electron chi connectivity index (χ1n) is 8.96. The summed E-state index contributed by atoms with van der Waals surface area (Å²) in [4.78, 5) is 42.7. The van der Waals surface area contributed by atoms with Gasteiger partial charge in [-0.25, -0.2) is 9.78 Å². The van der Waals surface area contributed by atoms with Crippen LogP contribution in [0.1, 0.15) is 44.3 Å². The van der Waals surface area contributed by atoms with Crippen molar-refractivity contribution in [3.05, 3.63) is 18.2 Å². The number of aryl methyl sites for hydroxylation is 1. The fourth-order valence-corrected chi connectivity index (χ4v) is 3.46. The van der Waals surface area contributed by atoms with Gasteiger partial charge in [0.25, 0.3) is 0 Å². The normalized spacial score (nSPS) is 18.8. The van der Waals surface area contributed by atoms with Gasteiger partial charge in [-0.2, -0.15) is 0 Å². The summed E-state index contributed by atoms with van der Waals surface area (Å²) in [6.07, 6.45) is 7.92. The number of amides is 4. The van der Waals surface area contributed by atoms with Gasteiger partial charge < -0.3 is 14.4 Å². The summed E-state index contributed by atoms with van der Waals surface area (Å²) in [5.74, 6) is 1.03. The van der Waals surface area contributed by atoms with E-state index < -0.39 is 6.03 Å². The zero-order valence-electron chi connectivity index (χ0n) is 14.6. The second kappa shape index (κ2) is 7.67. The maximum Gasteiger partial charge on any atom is 0.325 e. The van der Waals surface area contributed by atoms with Crippen LogP contribution in [0.15, 0.2) is 12.4 Å². The van der Waals surface area contributed by atoms with E-state index in [9.17, 15) is 14.4 Å². The van der Waals surface area contributed by atoms with Crippen molar-refractivity contribution in [1.29, 1.82) is 0 Å². The van der Waals surface area contributed by atoms with Crippen molar-refractivity contribution in [2.75, 3.05) is 26.2 Å². The van der Waals surface area contributed by atoms with E-state index in [1.807, 2.05) is 12.4 Å². The monoisotopic (exact) mass is 347 g/mol. The van der Waals surface area contributed by atoms with E-state index in [0.29, 0.717) is 19.0 Å². The lowest BCUT2D eigenvalue weighted by molar-refractivity contribution is -0.132. The molecular weight excluding hydrogens is 322 g/mol. The van der Waals surface area contributed by atoms with Crippen LogP contribution < -0.4 is 5.32 Å². The number of likely N-dealkylation sites (tertiary alicyclic amines) is 1. The number of imide groups is 1. The van der Waals surface area contributed by atoms with Crippen LogP contribution in [-0.4, -0.2) is 63.4 Å². The number of aromatic nitrogens is 2. The van der Waals surface area contributed by atoms with Crippen molar-refractivity contribution >= 4 is 17.8 Å². The Balaban J connectivity index is 1.52. The van der Waals surface area contributed by atoms with Crippen LogP contribution in [0.4, 0.5) is 4.79 Å². The minimum Gasteiger partial charge on any atom is -0.341 e. The molecular formula is C17H25N5O3. The van der Waals surface area contributed by atoms with E-state index in [1.165, 1.54) is 4.90 Å². The molecule has 1 N–H and O–H groups in total. The van der Waals surface area contributed by atoms with Crippen molar-refractivity contribution in [2.24, 2.45) is 0 Å². The lowest BCUT2D eigenvalue weighted by Gasteiger charge is -2.32. The van der Waals surface area contributed by atoms with Crippen LogP contribution in [-0.2, 0) is 16.1 Å². The minimum absolute atomic E-state index is 0.0318. The average Bonchev–Trinajstić information content (AvgIpc) is 3.19. The Morgan fingerprint density at radius 2 is 2.08 bits per heavy atom. The van der Waals surface area contributed by atoms with Crippen LogP contribution in [0.2, 0.25) is 0 Å². The molecule has 2 aliphatic rings. The Bertz CT molecular complexity index is 648. The molecule has 0 aliphatic carbocycles. The molecule has 2 aliphatic heterocycles. The van der Waals surface area contributed by atoms with Crippen LogP contribution >= 0.6 is 0 Å². The smallest absolute Gasteiger partial charge is 0.325 e. The summed E-state index contributed by atoms with van der Waals surface area (Å²) in [6, 6.07) is -0.480. The minimum atomic E-state index is -0.480. The van der Waals surface area contributed by atoms with Crippen molar-refractivity contribution in [2.45, 2.75) is 45.1 Å². The van der Waals surface area contributed by atoms with Crippen LogP contribution in [0.5, 0.6) is 0 Å². The van der Waals surface area contributed by atoms with Gasteiger partial charge in [-0.1, -0.05) is 13.3 Å². The third-order valence-corrected chi connectivity index (χ3v) is 4.91. The van der Waals surface area contributed by atoms with E-state index in [-0.39, 0.29) is 24.9 Å². The summed E-state index contributed by atoms with van der Waals surface area (Å²) in [5, 5.41) is 2.19. The van der Waals surface area contributed by atoms with Gasteiger partial charge in [-0.3, -0.25) is 14.9 Å². The number of unbranched alkanes of at least 4 members (excludes halogenated alkanes) is 1. The zero-order valence-corrected chi connectivity index (χ0v) is 14.6. The van der Waals surface area contributed by atoms with Gasteiger partial charge in [0.2, 0.25) is 11.8 Å². The number of piperidine rings is 1. The highest BCUT2D eigenvalue weighted by molar-refractivity contribution is 6.03. The molecule has 0 unspecified atom stereocenters. The molecule has 1 aromatic heterocycles. The van der Waals surface area contributed by atoms with Crippen LogP contribution in [0.25, 0.3) is 0 Å². The molecule has 0 aromatic carbocycles. The number of hydrogen-bond acceptors (Lipinski definition) is 4. The summed E-state index contributed by atoms with van der Waals surface area (Å²) >= 11 is 0. The number of urea groups is 1. The Kier molecular flexibility index (Phi) is 5.35. The highest BCUT2D eigenvalue weighted by Crippen LogP contribution is 2.27. The first-order valence-corrected chi connectivity index (χ1v) is 8.96. The van der Waals surface area contributed by atoms with Crippen molar-refractivity contribution in [1.82, 2.24) is 24.7 Å². The van der Waals surface area contributed by atoms with Gasteiger partial charge in [0, 0.05) is 37.9 Å². The molecule has 3 rings (SSSR count). The maximum absolute atomic E-state index is 12.4. The number of nitrogens with zero attached hydrogens (tertiary/aromatic N) is 4. The predicted octanol–water partition coefficient (Wildman–Crippen LogP) is 0.941. The number of carbonyl (C=O) groups excluding carboxylic acids is 3. The highest BCUT2D eigenvalue weighted by Gasteiger charge is 2.31. The van der Waals surface area contributed by atoms with Gasteiger partial charge >= 0.3 is 6.03 Å².